The Balaban J connectivity index is 1.90. The van der Waals surface area contributed by atoms with E-state index in [1.807, 2.05) is 42.5 Å². The molecule has 2 aromatic carbocycles. The van der Waals surface area contributed by atoms with Gasteiger partial charge in [-0.2, -0.15) is 0 Å². The highest BCUT2D eigenvalue weighted by molar-refractivity contribution is 5.66. The molecule has 0 aromatic heterocycles. The molecule has 1 atom stereocenters. The van der Waals surface area contributed by atoms with Crippen molar-refractivity contribution in [3.05, 3.63) is 59.2 Å². The molecule has 21 heavy (non-hydrogen) atoms. The maximum atomic E-state index is 10.7. The number of ether oxygens (including phenoxy) is 1. The Bertz CT molecular complexity index is 678. The molecule has 0 amide bonds. The maximum Gasteiger partial charge on any atom is 0.303 e. The fourth-order valence-corrected chi connectivity index (χ4v) is 2.65. The van der Waals surface area contributed by atoms with Crippen molar-refractivity contribution in [3.63, 3.8) is 0 Å². The summed E-state index contributed by atoms with van der Waals surface area (Å²) >= 11 is 0. The molecule has 108 valence electrons. The summed E-state index contributed by atoms with van der Waals surface area (Å²) in [7, 11) is 0. The van der Waals surface area contributed by atoms with Gasteiger partial charge in [0.1, 0.15) is 11.5 Å². The summed E-state index contributed by atoms with van der Waals surface area (Å²) < 4.78 is 5.87. The third-order valence-electron chi connectivity index (χ3n) is 3.72. The summed E-state index contributed by atoms with van der Waals surface area (Å²) in [6.45, 7) is 0. The standard InChI is InChI=1S/C17H16O4/c18-14(8-9-17(19)20)12-5-3-7-16-13(12)10-11-4-1-2-6-15(11)21-16/h1-7,14,18H,8-10H2,(H,19,20). The first-order valence-corrected chi connectivity index (χ1v) is 6.92. The Labute approximate surface area is 122 Å². The highest BCUT2D eigenvalue weighted by atomic mass is 16.5. The molecule has 2 N–H and O–H groups in total. The molecule has 0 bridgehead atoms. The molecule has 4 nitrogen and oxygen atoms in total. The molecule has 1 heterocycles. The minimum Gasteiger partial charge on any atom is -0.481 e. The summed E-state index contributed by atoms with van der Waals surface area (Å²) in [4.78, 5) is 10.7. The number of para-hydroxylation sites is 1. The summed E-state index contributed by atoms with van der Waals surface area (Å²) in [6, 6.07) is 13.3. The Morgan fingerprint density at radius 1 is 1.14 bits per heavy atom. The molecule has 3 rings (SSSR count). The molecule has 0 spiro atoms. The van der Waals surface area contributed by atoms with E-state index >= 15 is 0 Å². The van der Waals surface area contributed by atoms with Crippen LogP contribution in [-0.4, -0.2) is 16.2 Å². The lowest BCUT2D eigenvalue weighted by molar-refractivity contribution is -0.137. The van der Waals surface area contributed by atoms with E-state index in [4.69, 9.17) is 9.84 Å². The predicted molar refractivity (Wildman–Crippen MR) is 77.6 cm³/mol. The van der Waals surface area contributed by atoms with E-state index in [0.717, 1.165) is 28.2 Å². The summed E-state index contributed by atoms with van der Waals surface area (Å²) in [6.07, 6.45) is 0.0477. The Morgan fingerprint density at radius 2 is 1.90 bits per heavy atom. The number of aliphatic carboxylic acids is 1. The van der Waals surface area contributed by atoms with Gasteiger partial charge in [-0.25, -0.2) is 0 Å². The quantitative estimate of drug-likeness (QED) is 0.771. The second-order valence-corrected chi connectivity index (χ2v) is 5.16. The van der Waals surface area contributed by atoms with Gasteiger partial charge in [0.15, 0.2) is 0 Å². The fourth-order valence-electron chi connectivity index (χ4n) is 2.65. The normalized spacial score (nSPS) is 13.8. The highest BCUT2D eigenvalue weighted by Gasteiger charge is 2.22. The van der Waals surface area contributed by atoms with Crippen LogP contribution < -0.4 is 4.74 Å². The first-order chi connectivity index (χ1) is 10.1. The van der Waals surface area contributed by atoms with Gasteiger partial charge in [0.2, 0.25) is 0 Å². The lowest BCUT2D eigenvalue weighted by atomic mass is 9.92. The monoisotopic (exact) mass is 284 g/mol. The van der Waals surface area contributed by atoms with Crippen molar-refractivity contribution in [2.75, 3.05) is 0 Å². The summed E-state index contributed by atoms with van der Waals surface area (Å²) in [5.74, 6) is 0.670. The smallest absolute Gasteiger partial charge is 0.303 e. The summed E-state index contributed by atoms with van der Waals surface area (Å²) in [5.41, 5.74) is 2.76. The zero-order chi connectivity index (χ0) is 14.8. The van der Waals surface area contributed by atoms with E-state index in [-0.39, 0.29) is 12.8 Å². The minimum absolute atomic E-state index is 0.0533. The van der Waals surface area contributed by atoms with Gasteiger partial charge in [0.05, 0.1) is 6.10 Å². The zero-order valence-electron chi connectivity index (χ0n) is 11.5. The largest absolute Gasteiger partial charge is 0.481 e. The van der Waals surface area contributed by atoms with Gasteiger partial charge < -0.3 is 14.9 Å². The van der Waals surface area contributed by atoms with Gasteiger partial charge in [-0.15, -0.1) is 0 Å². The van der Waals surface area contributed by atoms with Crippen molar-refractivity contribution >= 4 is 5.97 Å². The SMILES string of the molecule is O=C(O)CCC(O)c1cccc2c1Cc1ccccc1O2. The van der Waals surface area contributed by atoms with Gasteiger partial charge >= 0.3 is 5.97 Å². The van der Waals surface area contributed by atoms with Crippen LogP contribution in [0.15, 0.2) is 42.5 Å². The molecule has 1 aliphatic heterocycles. The zero-order valence-corrected chi connectivity index (χ0v) is 11.5. The van der Waals surface area contributed by atoms with Crippen LogP contribution in [-0.2, 0) is 11.2 Å². The van der Waals surface area contributed by atoms with Crippen LogP contribution in [0.2, 0.25) is 0 Å². The van der Waals surface area contributed by atoms with E-state index in [9.17, 15) is 9.90 Å². The highest BCUT2D eigenvalue weighted by Crippen LogP contribution is 2.40. The fraction of sp³-hybridized carbons (Fsp3) is 0.235. The molecule has 0 radical (unpaired) electrons. The number of hydrogen-bond acceptors (Lipinski definition) is 3. The van der Waals surface area contributed by atoms with Crippen LogP contribution in [0, 0.1) is 0 Å². The van der Waals surface area contributed by atoms with Crippen molar-refractivity contribution in [2.45, 2.75) is 25.4 Å². The Kier molecular flexibility index (Phi) is 3.62. The Morgan fingerprint density at radius 3 is 2.71 bits per heavy atom. The van der Waals surface area contributed by atoms with Crippen molar-refractivity contribution in [1.29, 1.82) is 0 Å². The van der Waals surface area contributed by atoms with Crippen molar-refractivity contribution in [3.8, 4) is 11.5 Å². The van der Waals surface area contributed by atoms with E-state index < -0.39 is 12.1 Å². The lowest BCUT2D eigenvalue weighted by Gasteiger charge is -2.24. The van der Waals surface area contributed by atoms with Gasteiger partial charge in [-0.05, 0) is 29.7 Å². The van der Waals surface area contributed by atoms with Crippen molar-refractivity contribution < 1.29 is 19.7 Å². The molecule has 0 saturated carbocycles. The molecule has 0 aliphatic carbocycles. The van der Waals surface area contributed by atoms with E-state index in [0.29, 0.717) is 6.42 Å². The molecule has 1 unspecified atom stereocenters. The van der Waals surface area contributed by atoms with Gasteiger partial charge in [0.25, 0.3) is 0 Å². The second kappa shape index (κ2) is 5.58. The lowest BCUT2D eigenvalue weighted by Crippen LogP contribution is -2.10. The topological polar surface area (TPSA) is 66.8 Å². The van der Waals surface area contributed by atoms with E-state index in [2.05, 4.69) is 0 Å². The van der Waals surface area contributed by atoms with Crippen molar-refractivity contribution in [1.82, 2.24) is 0 Å². The van der Waals surface area contributed by atoms with E-state index in [1.165, 1.54) is 0 Å². The van der Waals surface area contributed by atoms with Gasteiger partial charge in [-0.1, -0.05) is 30.3 Å². The van der Waals surface area contributed by atoms with E-state index in [1.54, 1.807) is 0 Å². The predicted octanol–water partition coefficient (Wildman–Crippen LogP) is 3.28. The number of rotatable bonds is 4. The maximum absolute atomic E-state index is 10.7. The number of hydrogen-bond donors (Lipinski definition) is 2. The first kappa shape index (κ1) is 13.6. The molecular weight excluding hydrogens is 268 g/mol. The Hall–Kier alpha value is -2.33. The molecular formula is C17H16O4. The molecule has 0 fully saturated rings. The number of benzene rings is 2. The molecule has 4 heteroatoms. The molecule has 2 aromatic rings. The molecule has 0 saturated heterocycles. The van der Waals surface area contributed by atoms with Crippen LogP contribution in [0.25, 0.3) is 0 Å². The second-order valence-electron chi connectivity index (χ2n) is 5.16. The number of carboxylic acids is 1. The van der Waals surface area contributed by atoms with Crippen LogP contribution in [0.3, 0.4) is 0 Å². The average Bonchev–Trinajstić information content (AvgIpc) is 2.50. The third kappa shape index (κ3) is 2.76. The summed E-state index contributed by atoms with van der Waals surface area (Å²) in [5, 5.41) is 19.0. The van der Waals surface area contributed by atoms with Gasteiger partial charge in [-0.3, -0.25) is 4.79 Å². The average molecular weight is 284 g/mol. The van der Waals surface area contributed by atoms with Crippen molar-refractivity contribution in [2.24, 2.45) is 0 Å². The number of carboxylic acid groups (broad SMARTS) is 1. The van der Waals surface area contributed by atoms with Crippen LogP contribution in [0.5, 0.6) is 11.5 Å². The van der Waals surface area contributed by atoms with Crippen LogP contribution in [0.4, 0.5) is 0 Å². The third-order valence-corrected chi connectivity index (χ3v) is 3.72. The number of fused-ring (bicyclic) bond motifs is 2. The minimum atomic E-state index is -0.902. The van der Waals surface area contributed by atoms with Crippen LogP contribution >= 0.6 is 0 Å². The van der Waals surface area contributed by atoms with Gasteiger partial charge in [0, 0.05) is 18.4 Å². The number of aliphatic hydroxyl groups excluding tert-OH is 1. The molecule has 1 aliphatic rings. The first-order valence-electron chi connectivity index (χ1n) is 6.92. The number of aliphatic hydroxyl groups is 1. The number of carbonyl (C=O) groups is 1. The van der Waals surface area contributed by atoms with Crippen LogP contribution in [0.1, 0.15) is 35.6 Å².